The first kappa shape index (κ1) is 28.0. The zero-order valence-electron chi connectivity index (χ0n) is 24.4. The van der Waals surface area contributed by atoms with Crippen LogP contribution in [0.1, 0.15) is 92.6 Å². The van der Waals surface area contributed by atoms with Gasteiger partial charge in [-0.05, 0) is 75.1 Å². The van der Waals surface area contributed by atoms with Crippen molar-refractivity contribution in [2.75, 3.05) is 31.1 Å². The molecule has 0 atom stereocenters. The van der Waals surface area contributed by atoms with E-state index >= 15 is 0 Å². The number of aryl methyl sites for hydroxylation is 2. The molecule has 44 heavy (non-hydrogen) atoms. The van der Waals surface area contributed by atoms with Gasteiger partial charge in [0, 0.05) is 64.7 Å². The van der Waals surface area contributed by atoms with Crippen LogP contribution in [0.2, 0.25) is 10.0 Å². The number of carboxylic acid groups (broad SMARTS) is 2. The minimum absolute atomic E-state index is 0.0495. The van der Waals surface area contributed by atoms with Crippen molar-refractivity contribution in [1.82, 2.24) is 4.58 Å². The van der Waals surface area contributed by atoms with Crippen LogP contribution in [-0.2, 0) is 25.7 Å². The maximum Gasteiger partial charge on any atom is 0.337 e. The summed E-state index contributed by atoms with van der Waals surface area (Å²) < 4.78 is 9.62. The number of hydrogen-bond donors (Lipinski definition) is 2. The molecule has 0 radical (unpaired) electrons. The lowest BCUT2D eigenvalue weighted by Crippen LogP contribution is -2.41. The number of rotatable bonds is 3. The van der Waals surface area contributed by atoms with E-state index in [2.05, 4.69) is 21.6 Å². The number of ether oxygens (including phenoxy) is 1. The van der Waals surface area contributed by atoms with Crippen LogP contribution >= 0.6 is 23.2 Å². The number of hydrogen-bond acceptors (Lipinski definition) is 4. The molecular weight excluding hydrogens is 599 g/mol. The molecule has 0 saturated heterocycles. The fourth-order valence-corrected chi connectivity index (χ4v) is 8.93. The summed E-state index contributed by atoms with van der Waals surface area (Å²) in [5, 5.41) is 22.2. The second-order valence-electron chi connectivity index (χ2n) is 12.6. The van der Waals surface area contributed by atoms with Crippen molar-refractivity contribution in [3.63, 3.8) is 0 Å². The second-order valence-corrected chi connectivity index (χ2v) is 13.4. The van der Waals surface area contributed by atoms with E-state index in [0.29, 0.717) is 5.57 Å². The quantitative estimate of drug-likeness (QED) is 0.286. The zero-order valence-corrected chi connectivity index (χ0v) is 25.9. The molecule has 5 aliphatic heterocycles. The van der Waals surface area contributed by atoms with Crippen LogP contribution in [0, 0.1) is 0 Å². The lowest BCUT2D eigenvalue weighted by molar-refractivity contribution is 0.0695. The van der Waals surface area contributed by atoms with E-state index in [-0.39, 0.29) is 26.7 Å². The molecule has 226 valence electrons. The summed E-state index contributed by atoms with van der Waals surface area (Å²) in [4.78, 5) is 27.5. The molecule has 5 heterocycles. The number of anilines is 1. The molecule has 0 unspecified atom stereocenters. The van der Waals surface area contributed by atoms with Gasteiger partial charge in [0.1, 0.15) is 24.6 Å². The number of aromatic carboxylic acids is 2. The van der Waals surface area contributed by atoms with Crippen molar-refractivity contribution < 1.29 is 24.5 Å². The average Bonchev–Trinajstić information content (AvgIpc) is 3.36. The Morgan fingerprint density at radius 1 is 0.795 bits per heavy atom. The van der Waals surface area contributed by atoms with Crippen molar-refractivity contribution in [2.45, 2.75) is 64.2 Å². The molecule has 0 amide bonds. The number of halogens is 2. The van der Waals surface area contributed by atoms with Gasteiger partial charge in [0.05, 0.1) is 26.7 Å². The minimum atomic E-state index is -1.33. The van der Waals surface area contributed by atoms with Gasteiger partial charge in [0.2, 0.25) is 5.36 Å². The van der Waals surface area contributed by atoms with Gasteiger partial charge in [-0.25, -0.2) is 14.2 Å². The van der Waals surface area contributed by atoms with Gasteiger partial charge >= 0.3 is 11.9 Å². The molecule has 5 aliphatic rings. The SMILES string of the molecule is O=C(O)c1cc(Cl)c(C2=c3cc4c5c(c3Oc3c2cc2c6c3CCCCN6CCC2)CCCC[N+]=5CCC4)c(C(=O)O)c1Cl. The molecule has 3 aromatic rings. The predicted octanol–water partition coefficient (Wildman–Crippen LogP) is 5.61. The molecule has 0 aromatic heterocycles. The second kappa shape index (κ2) is 10.5. The molecule has 0 spiro atoms. The normalized spacial score (nSPS) is 18.3. The van der Waals surface area contributed by atoms with E-state index in [1.54, 1.807) is 0 Å². The number of benzene rings is 3. The Bertz CT molecular complexity index is 1950. The molecule has 8 rings (SSSR count). The summed E-state index contributed by atoms with van der Waals surface area (Å²) in [6, 6.07) is 5.64. The van der Waals surface area contributed by atoms with E-state index in [0.717, 1.165) is 113 Å². The minimum Gasteiger partial charge on any atom is -0.478 e. The van der Waals surface area contributed by atoms with Gasteiger partial charge in [-0.15, -0.1) is 0 Å². The standard InChI is InChI=1S/C35H32Cl2N2O5/c36-25-17-24(34(40)41)29(37)28(35(42)43)27(25)26-22-15-18-7-5-13-38-11-3-1-9-20(30(18)38)32(22)44-33-21-10-2-4-12-39-14-6-8-19(31(21)39)16-23(26)33/h15-17H,1-14H2,(H-,40,41,42,43)/p+1. The Balaban J connectivity index is 1.57. The van der Waals surface area contributed by atoms with Gasteiger partial charge < -0.3 is 19.8 Å². The summed E-state index contributed by atoms with van der Waals surface area (Å²) in [6.45, 7) is 4.06. The Hall–Kier alpha value is -3.55. The monoisotopic (exact) mass is 631 g/mol. The third-order valence-corrected chi connectivity index (χ3v) is 10.8. The Morgan fingerprint density at radius 3 is 2.36 bits per heavy atom. The van der Waals surface area contributed by atoms with Crippen molar-refractivity contribution in [2.24, 2.45) is 0 Å². The third-order valence-electron chi connectivity index (χ3n) is 10.1. The van der Waals surface area contributed by atoms with Crippen molar-refractivity contribution in [3.8, 4) is 11.5 Å². The fraction of sp³-hybridized carbons (Fsp3) is 0.400. The van der Waals surface area contributed by atoms with Crippen LogP contribution < -0.4 is 24.8 Å². The van der Waals surface area contributed by atoms with Crippen LogP contribution in [0.15, 0.2) is 18.2 Å². The van der Waals surface area contributed by atoms with Crippen LogP contribution in [-0.4, -0.2) is 48.3 Å². The molecule has 2 N–H and O–H groups in total. The van der Waals surface area contributed by atoms with Crippen molar-refractivity contribution >= 4 is 46.4 Å². The summed E-state index contributed by atoms with van der Waals surface area (Å²) in [5.74, 6) is -1.10. The molecule has 0 bridgehead atoms. The van der Waals surface area contributed by atoms with Crippen LogP contribution in [0.25, 0.3) is 5.57 Å². The average molecular weight is 633 g/mol. The molecule has 7 nitrogen and oxygen atoms in total. The maximum atomic E-state index is 12.9. The summed E-state index contributed by atoms with van der Waals surface area (Å²) >= 11 is 13.6. The summed E-state index contributed by atoms with van der Waals surface area (Å²) in [5.41, 5.74) is 7.21. The number of nitrogens with zero attached hydrogens (tertiary/aromatic N) is 2. The van der Waals surface area contributed by atoms with Gasteiger partial charge in [-0.2, -0.15) is 0 Å². The lowest BCUT2D eigenvalue weighted by Gasteiger charge is -2.35. The smallest absolute Gasteiger partial charge is 0.337 e. The zero-order chi connectivity index (χ0) is 30.3. The molecule has 0 saturated carbocycles. The number of fused-ring (bicyclic) bond motifs is 4. The largest absolute Gasteiger partial charge is 0.478 e. The van der Waals surface area contributed by atoms with Crippen molar-refractivity contribution in [1.29, 1.82) is 0 Å². The Labute approximate surface area is 265 Å². The van der Waals surface area contributed by atoms with Crippen LogP contribution in [0.4, 0.5) is 5.69 Å². The molecule has 0 aliphatic carbocycles. The van der Waals surface area contributed by atoms with Gasteiger partial charge in [-0.3, -0.25) is 0 Å². The van der Waals surface area contributed by atoms with E-state index in [1.807, 2.05) is 0 Å². The maximum absolute atomic E-state index is 12.9. The fourth-order valence-electron chi connectivity index (χ4n) is 8.33. The highest BCUT2D eigenvalue weighted by Gasteiger charge is 2.37. The molecule has 3 aromatic carbocycles. The first-order valence-corrected chi connectivity index (χ1v) is 16.5. The number of carbonyl (C=O) groups is 2. The van der Waals surface area contributed by atoms with Crippen LogP contribution in [0.5, 0.6) is 11.5 Å². The van der Waals surface area contributed by atoms with Crippen molar-refractivity contribution in [3.05, 3.63) is 83.3 Å². The van der Waals surface area contributed by atoms with Gasteiger partial charge in [0.25, 0.3) is 0 Å². The van der Waals surface area contributed by atoms with Crippen LogP contribution in [0.3, 0.4) is 0 Å². The van der Waals surface area contributed by atoms with E-state index in [4.69, 9.17) is 27.9 Å². The highest BCUT2D eigenvalue weighted by molar-refractivity contribution is 6.40. The Morgan fingerprint density at radius 2 is 1.55 bits per heavy atom. The lowest BCUT2D eigenvalue weighted by atomic mass is 9.83. The van der Waals surface area contributed by atoms with Gasteiger partial charge in [0.15, 0.2) is 0 Å². The first-order chi connectivity index (χ1) is 21.3. The first-order valence-electron chi connectivity index (χ1n) is 15.8. The van der Waals surface area contributed by atoms with E-state index in [1.165, 1.54) is 39.4 Å². The predicted molar refractivity (Wildman–Crippen MR) is 170 cm³/mol. The third kappa shape index (κ3) is 4.12. The Kier molecular flexibility index (Phi) is 6.69. The van der Waals surface area contributed by atoms with Gasteiger partial charge in [-0.1, -0.05) is 23.2 Å². The summed E-state index contributed by atoms with van der Waals surface area (Å²) in [7, 11) is 0. The van der Waals surface area contributed by atoms with E-state index < -0.39 is 11.9 Å². The molecule has 9 heteroatoms. The molecule has 0 fully saturated rings. The number of carboxylic acids is 2. The highest BCUT2D eigenvalue weighted by atomic mass is 35.5. The molecular formula is C35H33Cl2N2O5+. The topological polar surface area (TPSA) is 90.1 Å². The highest BCUT2D eigenvalue weighted by Crippen LogP contribution is 2.50. The summed E-state index contributed by atoms with van der Waals surface area (Å²) in [6.07, 6.45) is 9.97. The van der Waals surface area contributed by atoms with E-state index in [9.17, 15) is 19.8 Å².